The average Bonchev–Trinajstić information content (AvgIpc) is 2.89. The molecule has 0 radical (unpaired) electrons. The highest BCUT2D eigenvalue weighted by Crippen LogP contribution is 2.46. The number of hydrogen-bond acceptors (Lipinski definition) is 4. The monoisotopic (exact) mass is 306 g/mol. The molecule has 1 aliphatic rings. The highest BCUT2D eigenvalue weighted by molar-refractivity contribution is 6.02. The Labute approximate surface area is 130 Å². The quantitative estimate of drug-likeness (QED) is 0.409. The van der Waals surface area contributed by atoms with Gasteiger partial charge in [0.1, 0.15) is 0 Å². The number of fused-ring (bicyclic) bond motifs is 4. The zero-order valence-electron chi connectivity index (χ0n) is 11.9. The molecule has 112 valence electrons. The molecule has 0 spiro atoms. The maximum atomic E-state index is 11.7. The standard InChI is InChI=1S/C17H10N2O4/c20-18(21)13-5-6-15-11(9-13)8-12-7-10-3-1-2-4-14(10)16(12)17(15)19(22)23/h1-6,8-9H,7H2. The van der Waals surface area contributed by atoms with Crippen molar-refractivity contribution in [2.24, 2.45) is 0 Å². The van der Waals surface area contributed by atoms with E-state index in [-0.39, 0.29) is 11.4 Å². The Bertz CT molecular complexity index is 1010. The molecule has 6 heteroatoms. The maximum Gasteiger partial charge on any atom is 0.285 e. The normalized spacial score (nSPS) is 12.0. The summed E-state index contributed by atoms with van der Waals surface area (Å²) in [6, 6.07) is 13.6. The first-order valence-electron chi connectivity index (χ1n) is 7.03. The molecule has 1 aliphatic carbocycles. The van der Waals surface area contributed by atoms with Crippen LogP contribution in [0.15, 0.2) is 48.5 Å². The molecule has 0 aliphatic heterocycles. The van der Waals surface area contributed by atoms with Gasteiger partial charge >= 0.3 is 0 Å². The summed E-state index contributed by atoms with van der Waals surface area (Å²) in [5.74, 6) is 0. The largest absolute Gasteiger partial charge is 0.285 e. The molecule has 0 aromatic heterocycles. The lowest BCUT2D eigenvalue weighted by Gasteiger charge is -2.07. The second-order valence-electron chi connectivity index (χ2n) is 5.51. The average molecular weight is 306 g/mol. The lowest BCUT2D eigenvalue weighted by atomic mass is 9.97. The third-order valence-corrected chi connectivity index (χ3v) is 4.24. The van der Waals surface area contributed by atoms with Crippen LogP contribution in [0, 0.1) is 20.2 Å². The maximum absolute atomic E-state index is 11.7. The molecule has 0 heterocycles. The summed E-state index contributed by atoms with van der Waals surface area (Å²) in [6.45, 7) is 0. The number of non-ortho nitro benzene ring substituents is 1. The Morgan fingerprint density at radius 1 is 0.870 bits per heavy atom. The summed E-state index contributed by atoms with van der Waals surface area (Å²) in [7, 11) is 0. The number of nitro groups is 2. The van der Waals surface area contributed by atoms with Gasteiger partial charge in [0.15, 0.2) is 0 Å². The Hall–Kier alpha value is -3.28. The summed E-state index contributed by atoms with van der Waals surface area (Å²) in [6.07, 6.45) is 0.602. The van der Waals surface area contributed by atoms with Crippen molar-refractivity contribution in [1.29, 1.82) is 0 Å². The van der Waals surface area contributed by atoms with E-state index in [2.05, 4.69) is 0 Å². The van der Waals surface area contributed by atoms with Gasteiger partial charge in [-0.3, -0.25) is 20.2 Å². The number of benzene rings is 3. The van der Waals surface area contributed by atoms with E-state index >= 15 is 0 Å². The van der Waals surface area contributed by atoms with Crippen LogP contribution in [-0.2, 0) is 6.42 Å². The van der Waals surface area contributed by atoms with E-state index in [1.165, 1.54) is 18.2 Å². The van der Waals surface area contributed by atoms with Crippen molar-refractivity contribution in [2.45, 2.75) is 6.42 Å². The molecule has 0 unspecified atom stereocenters. The van der Waals surface area contributed by atoms with E-state index in [0.717, 1.165) is 16.7 Å². The second-order valence-corrected chi connectivity index (χ2v) is 5.51. The van der Waals surface area contributed by atoms with E-state index in [1.807, 2.05) is 30.3 Å². The molecule has 23 heavy (non-hydrogen) atoms. The molecule has 0 atom stereocenters. The first-order chi connectivity index (χ1) is 11.1. The summed E-state index contributed by atoms with van der Waals surface area (Å²) < 4.78 is 0. The molecular weight excluding hydrogens is 296 g/mol. The van der Waals surface area contributed by atoms with Gasteiger partial charge in [-0.1, -0.05) is 24.3 Å². The topological polar surface area (TPSA) is 86.3 Å². The van der Waals surface area contributed by atoms with Crippen molar-refractivity contribution in [2.75, 3.05) is 0 Å². The van der Waals surface area contributed by atoms with Gasteiger partial charge in [0.25, 0.3) is 11.4 Å². The van der Waals surface area contributed by atoms with E-state index in [4.69, 9.17) is 0 Å². The van der Waals surface area contributed by atoms with Crippen LogP contribution in [0.3, 0.4) is 0 Å². The first kappa shape index (κ1) is 13.4. The van der Waals surface area contributed by atoms with Gasteiger partial charge in [-0.05, 0) is 40.6 Å². The lowest BCUT2D eigenvalue weighted by molar-refractivity contribution is -0.384. The zero-order valence-corrected chi connectivity index (χ0v) is 11.9. The molecule has 0 amide bonds. The first-order valence-corrected chi connectivity index (χ1v) is 7.03. The second kappa shape index (κ2) is 4.61. The van der Waals surface area contributed by atoms with Gasteiger partial charge in [-0.25, -0.2) is 0 Å². The number of hydrogen-bond donors (Lipinski definition) is 0. The third-order valence-electron chi connectivity index (χ3n) is 4.24. The fourth-order valence-electron chi connectivity index (χ4n) is 3.30. The van der Waals surface area contributed by atoms with Gasteiger partial charge in [0, 0.05) is 12.1 Å². The highest BCUT2D eigenvalue weighted by atomic mass is 16.6. The lowest BCUT2D eigenvalue weighted by Crippen LogP contribution is -1.96. The fraction of sp³-hybridized carbons (Fsp3) is 0.0588. The van der Waals surface area contributed by atoms with Gasteiger partial charge in [-0.2, -0.15) is 0 Å². The van der Waals surface area contributed by atoms with Crippen molar-refractivity contribution in [3.05, 3.63) is 79.9 Å². The van der Waals surface area contributed by atoms with Crippen LogP contribution >= 0.6 is 0 Å². The molecule has 6 nitrogen and oxygen atoms in total. The van der Waals surface area contributed by atoms with Crippen LogP contribution < -0.4 is 0 Å². The summed E-state index contributed by atoms with van der Waals surface area (Å²) >= 11 is 0. The zero-order chi connectivity index (χ0) is 16.1. The summed E-state index contributed by atoms with van der Waals surface area (Å²) in [5.41, 5.74) is 3.34. The Morgan fingerprint density at radius 2 is 1.65 bits per heavy atom. The van der Waals surface area contributed by atoms with E-state index in [9.17, 15) is 20.2 Å². The Balaban J connectivity index is 2.11. The smallest absolute Gasteiger partial charge is 0.258 e. The molecule has 4 rings (SSSR count). The molecular formula is C17H10N2O4. The van der Waals surface area contributed by atoms with Crippen LogP contribution in [0.5, 0.6) is 0 Å². The number of nitro benzene ring substituents is 2. The molecule has 0 saturated heterocycles. The molecule has 3 aromatic carbocycles. The van der Waals surface area contributed by atoms with Crippen LogP contribution in [0.1, 0.15) is 11.1 Å². The Morgan fingerprint density at radius 3 is 2.39 bits per heavy atom. The van der Waals surface area contributed by atoms with Crippen LogP contribution in [0.25, 0.3) is 21.9 Å². The summed E-state index contributed by atoms with van der Waals surface area (Å²) in [5, 5.41) is 23.6. The van der Waals surface area contributed by atoms with Gasteiger partial charge in [-0.15, -0.1) is 0 Å². The number of rotatable bonds is 2. The summed E-state index contributed by atoms with van der Waals surface area (Å²) in [4.78, 5) is 21.7. The third kappa shape index (κ3) is 1.88. The van der Waals surface area contributed by atoms with E-state index in [1.54, 1.807) is 0 Å². The van der Waals surface area contributed by atoms with E-state index < -0.39 is 9.85 Å². The van der Waals surface area contributed by atoms with Crippen molar-refractivity contribution in [3.8, 4) is 11.1 Å². The van der Waals surface area contributed by atoms with Gasteiger partial charge in [0.05, 0.1) is 20.8 Å². The minimum atomic E-state index is -0.493. The predicted molar refractivity (Wildman–Crippen MR) is 85.5 cm³/mol. The molecule has 0 saturated carbocycles. The van der Waals surface area contributed by atoms with Gasteiger partial charge < -0.3 is 0 Å². The van der Waals surface area contributed by atoms with Crippen LogP contribution in [0.2, 0.25) is 0 Å². The van der Waals surface area contributed by atoms with Gasteiger partial charge in [0.2, 0.25) is 0 Å². The molecule has 0 fully saturated rings. The van der Waals surface area contributed by atoms with E-state index in [0.29, 0.717) is 22.8 Å². The SMILES string of the molecule is O=[N+]([O-])c1ccc2c([N+](=O)[O-])c3c(cc2c1)Cc1ccccc1-3. The Kier molecular flexibility index (Phi) is 2.68. The fourth-order valence-corrected chi connectivity index (χ4v) is 3.30. The van der Waals surface area contributed by atoms with Crippen molar-refractivity contribution in [1.82, 2.24) is 0 Å². The number of nitrogens with zero attached hydrogens (tertiary/aromatic N) is 2. The van der Waals surface area contributed by atoms with Crippen molar-refractivity contribution < 1.29 is 9.85 Å². The molecule has 0 bridgehead atoms. The molecule has 3 aromatic rings. The highest BCUT2D eigenvalue weighted by Gasteiger charge is 2.30. The molecule has 0 N–H and O–H groups in total. The minimum absolute atomic E-state index is 0.0253. The van der Waals surface area contributed by atoms with Crippen molar-refractivity contribution in [3.63, 3.8) is 0 Å². The van der Waals surface area contributed by atoms with Crippen molar-refractivity contribution >= 4 is 22.1 Å². The van der Waals surface area contributed by atoms with Crippen LogP contribution in [0.4, 0.5) is 11.4 Å². The minimum Gasteiger partial charge on any atom is -0.258 e. The van der Waals surface area contributed by atoms with Crippen LogP contribution in [-0.4, -0.2) is 9.85 Å². The predicted octanol–water partition coefficient (Wildman–Crippen LogP) is 4.23.